The molecule has 0 saturated carbocycles. The van der Waals surface area contributed by atoms with E-state index in [1.165, 1.54) is 4.68 Å². The zero-order valence-electron chi connectivity index (χ0n) is 14.1. The first-order chi connectivity index (χ1) is 12.3. The number of rotatable bonds is 7. The second-order valence-electron chi connectivity index (χ2n) is 5.95. The molecule has 2 aromatic heterocycles. The highest BCUT2D eigenvalue weighted by atomic mass is 32.2. The Bertz CT molecular complexity index is 992. The summed E-state index contributed by atoms with van der Waals surface area (Å²) in [4.78, 5) is 11.0. The Kier molecular flexibility index (Phi) is 4.90. The van der Waals surface area contributed by atoms with Gasteiger partial charge in [-0.15, -0.1) is 0 Å². The first-order valence-electron chi connectivity index (χ1n) is 7.87. The molecular formula is C17H18N4O4S. The molecule has 2 N–H and O–H groups in total. The van der Waals surface area contributed by atoms with Gasteiger partial charge in [0.1, 0.15) is 0 Å². The van der Waals surface area contributed by atoms with E-state index in [0.29, 0.717) is 5.76 Å². The minimum Gasteiger partial charge on any atom is -0.370 e. The van der Waals surface area contributed by atoms with Gasteiger partial charge >= 0.3 is 0 Å². The molecule has 0 aliphatic rings. The third-order valence-electron chi connectivity index (χ3n) is 3.97. The number of hydrogen-bond acceptors (Lipinski definition) is 6. The number of sulfone groups is 1. The van der Waals surface area contributed by atoms with Gasteiger partial charge < -0.3 is 10.3 Å². The Morgan fingerprint density at radius 1 is 1.19 bits per heavy atom. The molecule has 0 bridgehead atoms. The molecule has 0 fully saturated rings. The molecule has 1 atom stereocenters. The fourth-order valence-corrected chi connectivity index (χ4v) is 3.70. The summed E-state index contributed by atoms with van der Waals surface area (Å²) in [6, 6.07) is 9.31. The molecule has 0 spiro atoms. The standard InChI is InChI=1S/C17H18N4O4S/c1-26(23,24)17(7-6-16(18)22)21-11-14(10-19-21)12-2-4-13(5-3-12)15-8-9-20-25-15/h2-5,8-11,17H,6-7H2,1H3,(H2,18,22). The lowest BCUT2D eigenvalue weighted by Crippen LogP contribution is -2.22. The average molecular weight is 374 g/mol. The molecule has 136 valence electrons. The van der Waals surface area contributed by atoms with Gasteiger partial charge in [0, 0.05) is 36.1 Å². The Balaban J connectivity index is 1.85. The van der Waals surface area contributed by atoms with E-state index in [4.69, 9.17) is 10.3 Å². The van der Waals surface area contributed by atoms with Crippen molar-refractivity contribution in [2.45, 2.75) is 18.2 Å². The molecule has 3 aromatic rings. The Labute approximate surface area is 150 Å². The second-order valence-corrected chi connectivity index (χ2v) is 8.16. The number of hydrogen-bond donors (Lipinski definition) is 1. The number of primary amides is 1. The predicted octanol–water partition coefficient (Wildman–Crippen LogP) is 2.01. The van der Waals surface area contributed by atoms with Crippen LogP contribution in [-0.2, 0) is 14.6 Å². The van der Waals surface area contributed by atoms with Crippen molar-refractivity contribution in [3.8, 4) is 22.5 Å². The zero-order valence-corrected chi connectivity index (χ0v) is 14.9. The van der Waals surface area contributed by atoms with Gasteiger partial charge in [-0.05, 0) is 12.0 Å². The van der Waals surface area contributed by atoms with E-state index >= 15 is 0 Å². The van der Waals surface area contributed by atoms with Crippen molar-refractivity contribution in [2.75, 3.05) is 6.26 Å². The highest BCUT2D eigenvalue weighted by Crippen LogP contribution is 2.27. The summed E-state index contributed by atoms with van der Waals surface area (Å²) in [6.07, 6.45) is 5.98. The summed E-state index contributed by atoms with van der Waals surface area (Å²) < 4.78 is 30.5. The number of carbonyl (C=O) groups excluding carboxylic acids is 1. The minimum atomic E-state index is -3.45. The van der Waals surface area contributed by atoms with Crippen molar-refractivity contribution >= 4 is 15.7 Å². The molecule has 9 heteroatoms. The summed E-state index contributed by atoms with van der Waals surface area (Å²) in [6.45, 7) is 0. The third kappa shape index (κ3) is 3.99. The lowest BCUT2D eigenvalue weighted by molar-refractivity contribution is -0.118. The number of benzene rings is 1. The lowest BCUT2D eigenvalue weighted by atomic mass is 10.1. The van der Waals surface area contributed by atoms with Gasteiger partial charge in [-0.25, -0.2) is 8.42 Å². The number of amides is 1. The summed E-state index contributed by atoms with van der Waals surface area (Å²) in [5.74, 6) is 0.116. The molecule has 1 aromatic carbocycles. The van der Waals surface area contributed by atoms with Crippen molar-refractivity contribution in [2.24, 2.45) is 5.73 Å². The van der Waals surface area contributed by atoms with E-state index in [-0.39, 0.29) is 12.8 Å². The SMILES string of the molecule is CS(=O)(=O)C(CCC(N)=O)n1cc(-c2ccc(-c3ccno3)cc2)cn1. The van der Waals surface area contributed by atoms with Crippen LogP contribution in [0.4, 0.5) is 0 Å². The highest BCUT2D eigenvalue weighted by molar-refractivity contribution is 7.90. The average Bonchev–Trinajstić information content (AvgIpc) is 3.26. The molecule has 0 aliphatic heterocycles. The molecule has 26 heavy (non-hydrogen) atoms. The monoisotopic (exact) mass is 374 g/mol. The van der Waals surface area contributed by atoms with Crippen molar-refractivity contribution < 1.29 is 17.7 Å². The summed E-state index contributed by atoms with van der Waals surface area (Å²) in [5, 5.41) is 6.91. The Morgan fingerprint density at radius 3 is 2.46 bits per heavy atom. The van der Waals surface area contributed by atoms with E-state index in [1.807, 2.05) is 24.3 Å². The molecule has 1 amide bonds. The van der Waals surface area contributed by atoms with Gasteiger partial charge in [0.05, 0.1) is 12.4 Å². The minimum absolute atomic E-state index is 0.0290. The first kappa shape index (κ1) is 17.9. The molecule has 3 rings (SSSR count). The highest BCUT2D eigenvalue weighted by Gasteiger charge is 2.24. The van der Waals surface area contributed by atoms with Gasteiger partial charge in [-0.2, -0.15) is 5.10 Å². The van der Waals surface area contributed by atoms with E-state index in [2.05, 4.69) is 10.3 Å². The molecule has 2 heterocycles. The van der Waals surface area contributed by atoms with Crippen LogP contribution in [0.3, 0.4) is 0 Å². The molecule has 1 unspecified atom stereocenters. The van der Waals surface area contributed by atoms with Crippen LogP contribution in [0.15, 0.2) is 53.4 Å². The van der Waals surface area contributed by atoms with Crippen LogP contribution in [0, 0.1) is 0 Å². The first-order valence-corrected chi connectivity index (χ1v) is 9.83. The van der Waals surface area contributed by atoms with Crippen LogP contribution < -0.4 is 5.73 Å². The third-order valence-corrected chi connectivity index (χ3v) is 5.41. The quantitative estimate of drug-likeness (QED) is 0.675. The van der Waals surface area contributed by atoms with Crippen LogP contribution in [0.5, 0.6) is 0 Å². The van der Waals surface area contributed by atoms with Crippen LogP contribution in [0.25, 0.3) is 22.5 Å². The largest absolute Gasteiger partial charge is 0.370 e. The van der Waals surface area contributed by atoms with Crippen molar-refractivity contribution in [1.29, 1.82) is 0 Å². The Morgan fingerprint density at radius 2 is 1.88 bits per heavy atom. The van der Waals surface area contributed by atoms with Crippen LogP contribution >= 0.6 is 0 Å². The molecule has 8 nitrogen and oxygen atoms in total. The van der Waals surface area contributed by atoms with E-state index < -0.39 is 21.1 Å². The lowest BCUT2D eigenvalue weighted by Gasteiger charge is -2.14. The Hall–Kier alpha value is -2.94. The zero-order chi connectivity index (χ0) is 18.7. The number of carbonyl (C=O) groups is 1. The molecule has 0 aliphatic carbocycles. The van der Waals surface area contributed by atoms with Crippen LogP contribution in [0.1, 0.15) is 18.2 Å². The van der Waals surface area contributed by atoms with E-state index in [1.54, 1.807) is 24.7 Å². The number of nitrogens with two attached hydrogens (primary N) is 1. The molecular weight excluding hydrogens is 356 g/mol. The van der Waals surface area contributed by atoms with Gasteiger partial charge in [-0.3, -0.25) is 9.48 Å². The second kappa shape index (κ2) is 7.12. The van der Waals surface area contributed by atoms with Crippen LogP contribution in [0.2, 0.25) is 0 Å². The fraction of sp³-hybridized carbons (Fsp3) is 0.235. The number of aromatic nitrogens is 3. The van der Waals surface area contributed by atoms with Crippen LogP contribution in [-0.4, -0.2) is 35.5 Å². The maximum atomic E-state index is 12.0. The predicted molar refractivity (Wildman–Crippen MR) is 95.5 cm³/mol. The smallest absolute Gasteiger partial charge is 0.217 e. The molecule has 0 radical (unpaired) electrons. The fourth-order valence-electron chi connectivity index (χ4n) is 2.64. The van der Waals surface area contributed by atoms with Crippen molar-refractivity contribution in [1.82, 2.24) is 14.9 Å². The maximum absolute atomic E-state index is 12.0. The molecule has 0 saturated heterocycles. The summed E-state index contributed by atoms with van der Waals surface area (Å²) in [7, 11) is -3.45. The van der Waals surface area contributed by atoms with Crippen molar-refractivity contribution in [3.05, 3.63) is 48.9 Å². The van der Waals surface area contributed by atoms with Crippen molar-refractivity contribution in [3.63, 3.8) is 0 Å². The van der Waals surface area contributed by atoms with Gasteiger partial charge in [0.2, 0.25) is 5.91 Å². The summed E-state index contributed by atoms with van der Waals surface area (Å²) >= 11 is 0. The van der Waals surface area contributed by atoms with Gasteiger partial charge in [0.25, 0.3) is 0 Å². The van der Waals surface area contributed by atoms with Gasteiger partial charge in [-0.1, -0.05) is 29.4 Å². The topological polar surface area (TPSA) is 121 Å². The van der Waals surface area contributed by atoms with E-state index in [9.17, 15) is 13.2 Å². The number of nitrogens with zero attached hydrogens (tertiary/aromatic N) is 3. The van der Waals surface area contributed by atoms with Gasteiger partial charge in [0.15, 0.2) is 21.0 Å². The normalized spacial score (nSPS) is 12.8. The van der Waals surface area contributed by atoms with E-state index in [0.717, 1.165) is 22.9 Å². The summed E-state index contributed by atoms with van der Waals surface area (Å²) in [5.41, 5.74) is 7.66. The maximum Gasteiger partial charge on any atom is 0.217 e.